The van der Waals surface area contributed by atoms with Crippen LogP contribution in [0.5, 0.6) is 11.5 Å². The van der Waals surface area contributed by atoms with Crippen LogP contribution < -0.4 is 9.47 Å². The zero-order valence-electron chi connectivity index (χ0n) is 22.7. The molecule has 0 saturated heterocycles. The molecule has 7 heteroatoms. The second kappa shape index (κ2) is 14.0. The number of nitrogens with zero attached hydrogens (tertiary/aromatic N) is 1. The number of rotatable bonds is 15. The number of carboxylic acids is 2. The summed E-state index contributed by atoms with van der Waals surface area (Å²) in [6.07, 6.45) is 8.81. The van der Waals surface area contributed by atoms with Gasteiger partial charge in [-0.2, -0.15) is 0 Å². The molecule has 0 radical (unpaired) electrons. The van der Waals surface area contributed by atoms with Crippen molar-refractivity contribution in [3.63, 3.8) is 0 Å². The fraction of sp³-hybridized carbons (Fsp3) is 0.273. The first kappa shape index (κ1) is 28.5. The molecular formula is C33H35NO6. The van der Waals surface area contributed by atoms with E-state index in [4.69, 9.17) is 14.6 Å². The molecule has 0 aliphatic heterocycles. The number of carboxylic acid groups (broad SMARTS) is 2. The maximum Gasteiger partial charge on any atom is 0.323 e. The Morgan fingerprint density at radius 2 is 1.48 bits per heavy atom. The maximum atomic E-state index is 11.6. The number of benzene rings is 3. The highest BCUT2D eigenvalue weighted by Crippen LogP contribution is 2.30. The molecule has 40 heavy (non-hydrogen) atoms. The van der Waals surface area contributed by atoms with Crippen LogP contribution in [0.15, 0.2) is 72.9 Å². The second-order valence-electron chi connectivity index (χ2n) is 9.74. The molecule has 4 aromatic rings. The number of carbonyl (C=O) groups is 2. The third-order valence-electron chi connectivity index (χ3n) is 6.66. The highest BCUT2D eigenvalue weighted by atomic mass is 16.5. The number of aromatic nitrogens is 1. The number of unbranched alkanes of at least 4 members (excludes halogenated alkanes) is 1. The van der Waals surface area contributed by atoms with Gasteiger partial charge in [0.05, 0.1) is 18.7 Å². The van der Waals surface area contributed by atoms with Gasteiger partial charge in [0.1, 0.15) is 18.0 Å². The zero-order chi connectivity index (χ0) is 28.3. The summed E-state index contributed by atoms with van der Waals surface area (Å²) in [6, 6.07) is 21.7. The van der Waals surface area contributed by atoms with Gasteiger partial charge in [0.2, 0.25) is 0 Å². The van der Waals surface area contributed by atoms with E-state index in [2.05, 4.69) is 0 Å². The molecule has 4 rings (SSSR count). The molecule has 1 heterocycles. The molecule has 7 nitrogen and oxygen atoms in total. The van der Waals surface area contributed by atoms with Crippen molar-refractivity contribution in [2.75, 3.05) is 13.2 Å². The van der Waals surface area contributed by atoms with Crippen LogP contribution in [0, 0.1) is 6.92 Å². The van der Waals surface area contributed by atoms with Gasteiger partial charge in [0, 0.05) is 23.6 Å². The molecule has 0 aliphatic carbocycles. The summed E-state index contributed by atoms with van der Waals surface area (Å²) in [6.45, 7) is 3.11. The lowest BCUT2D eigenvalue weighted by Crippen LogP contribution is -2.08. The largest absolute Gasteiger partial charge is 0.494 e. The monoisotopic (exact) mass is 541 g/mol. The number of hydrogen-bond acceptors (Lipinski definition) is 4. The molecule has 0 bridgehead atoms. The number of aryl methyl sites for hydroxylation is 2. The van der Waals surface area contributed by atoms with Crippen LogP contribution in [-0.4, -0.2) is 39.9 Å². The highest BCUT2D eigenvalue weighted by Gasteiger charge is 2.15. The molecule has 3 aromatic carbocycles. The summed E-state index contributed by atoms with van der Waals surface area (Å²) in [5, 5.41) is 19.5. The van der Waals surface area contributed by atoms with Gasteiger partial charge in [-0.3, -0.25) is 9.59 Å². The summed E-state index contributed by atoms with van der Waals surface area (Å²) < 4.78 is 13.3. The predicted octanol–water partition coefficient (Wildman–Crippen LogP) is 6.85. The highest BCUT2D eigenvalue weighted by molar-refractivity contribution is 5.95. The molecule has 0 spiro atoms. The lowest BCUT2D eigenvalue weighted by Gasteiger charge is -2.09. The van der Waals surface area contributed by atoms with Crippen LogP contribution in [0.1, 0.15) is 47.9 Å². The van der Waals surface area contributed by atoms with Crippen molar-refractivity contribution in [3.8, 4) is 11.5 Å². The van der Waals surface area contributed by atoms with E-state index in [-0.39, 0.29) is 13.0 Å². The first-order valence-corrected chi connectivity index (χ1v) is 13.5. The van der Waals surface area contributed by atoms with E-state index in [1.807, 2.05) is 92.0 Å². The van der Waals surface area contributed by atoms with Crippen LogP contribution in [0.25, 0.3) is 23.1 Å². The Morgan fingerprint density at radius 3 is 2.12 bits per heavy atom. The first-order valence-electron chi connectivity index (χ1n) is 13.5. The number of ether oxygens (including phenoxy) is 2. The van der Waals surface area contributed by atoms with E-state index < -0.39 is 11.9 Å². The summed E-state index contributed by atoms with van der Waals surface area (Å²) in [5.41, 5.74) is 4.78. The molecule has 0 aliphatic rings. The first-order chi connectivity index (χ1) is 19.4. The maximum absolute atomic E-state index is 11.6. The molecule has 0 atom stereocenters. The number of hydrogen-bond donors (Lipinski definition) is 2. The van der Waals surface area contributed by atoms with Crippen molar-refractivity contribution in [1.29, 1.82) is 0 Å². The molecule has 0 unspecified atom stereocenters. The lowest BCUT2D eigenvalue weighted by molar-refractivity contribution is -0.138. The molecule has 0 fully saturated rings. The normalized spacial score (nSPS) is 11.2. The fourth-order valence-electron chi connectivity index (χ4n) is 4.67. The third kappa shape index (κ3) is 7.99. The smallest absolute Gasteiger partial charge is 0.323 e. The average molecular weight is 542 g/mol. The Bertz CT molecular complexity index is 1450. The topological polar surface area (TPSA) is 98.0 Å². The summed E-state index contributed by atoms with van der Waals surface area (Å²) in [5.74, 6) is -0.0752. The van der Waals surface area contributed by atoms with Gasteiger partial charge in [-0.1, -0.05) is 54.6 Å². The quantitative estimate of drug-likeness (QED) is 0.126. The van der Waals surface area contributed by atoms with Crippen LogP contribution in [0.3, 0.4) is 0 Å². The fourth-order valence-corrected chi connectivity index (χ4v) is 4.67. The van der Waals surface area contributed by atoms with Gasteiger partial charge in [-0.25, -0.2) is 0 Å². The molecule has 2 N–H and O–H groups in total. The lowest BCUT2D eigenvalue weighted by atomic mass is 10.00. The van der Waals surface area contributed by atoms with Gasteiger partial charge >= 0.3 is 11.9 Å². The molecule has 1 aromatic heterocycles. The van der Waals surface area contributed by atoms with Crippen molar-refractivity contribution in [2.45, 2.75) is 45.6 Å². The van der Waals surface area contributed by atoms with Crippen LogP contribution in [-0.2, 0) is 22.6 Å². The zero-order valence-corrected chi connectivity index (χ0v) is 22.7. The van der Waals surface area contributed by atoms with Gasteiger partial charge in [0.15, 0.2) is 0 Å². The van der Waals surface area contributed by atoms with Crippen molar-refractivity contribution in [3.05, 3.63) is 95.2 Å². The SMILES string of the molecule is Cc1ccc2c(CCCC(=O)O)cn(CC(=O)O)c2c1/C=C/c1ccc(OCCCCOc2ccccc2)cc1. The standard InChI is InChI=1S/C33H35NO6/c1-24-12-18-30-26(8-7-11-31(35)36)22-34(23-32(37)38)33(30)29(24)19-15-25-13-16-28(17-14-25)40-21-6-5-20-39-27-9-3-2-4-10-27/h2-4,9-10,12-19,22H,5-8,11,20-21,23H2,1H3,(H,35,36)(H,37,38)/b19-15+. The molecule has 0 saturated carbocycles. The molecular weight excluding hydrogens is 506 g/mol. The minimum atomic E-state index is -0.926. The van der Waals surface area contributed by atoms with Gasteiger partial charge in [0.25, 0.3) is 0 Å². The molecule has 0 amide bonds. The van der Waals surface area contributed by atoms with Gasteiger partial charge < -0.3 is 24.3 Å². The predicted molar refractivity (Wildman–Crippen MR) is 157 cm³/mol. The Balaban J connectivity index is 1.39. The van der Waals surface area contributed by atoms with Crippen LogP contribution in [0.2, 0.25) is 0 Å². The molecule has 208 valence electrons. The summed E-state index contributed by atoms with van der Waals surface area (Å²) >= 11 is 0. The van der Waals surface area contributed by atoms with E-state index >= 15 is 0 Å². The van der Waals surface area contributed by atoms with E-state index in [1.54, 1.807) is 4.57 Å². The van der Waals surface area contributed by atoms with E-state index in [0.717, 1.165) is 57.5 Å². The minimum Gasteiger partial charge on any atom is -0.494 e. The second-order valence-corrected chi connectivity index (χ2v) is 9.74. The number of aliphatic carboxylic acids is 2. The van der Waals surface area contributed by atoms with Gasteiger partial charge in [-0.15, -0.1) is 0 Å². The average Bonchev–Trinajstić information content (AvgIpc) is 3.27. The minimum absolute atomic E-state index is 0.0760. The van der Waals surface area contributed by atoms with Crippen LogP contribution in [0.4, 0.5) is 0 Å². The summed E-state index contributed by atoms with van der Waals surface area (Å²) in [4.78, 5) is 22.6. The Kier molecular flexibility index (Phi) is 9.99. The summed E-state index contributed by atoms with van der Waals surface area (Å²) in [7, 11) is 0. The van der Waals surface area contributed by atoms with Gasteiger partial charge in [-0.05, 0) is 73.6 Å². The Morgan fingerprint density at radius 1 is 0.800 bits per heavy atom. The number of para-hydroxylation sites is 1. The van der Waals surface area contributed by atoms with Crippen molar-refractivity contribution >= 4 is 35.0 Å². The van der Waals surface area contributed by atoms with Crippen molar-refractivity contribution < 1.29 is 29.3 Å². The van der Waals surface area contributed by atoms with E-state index in [0.29, 0.717) is 26.1 Å². The van der Waals surface area contributed by atoms with E-state index in [9.17, 15) is 14.7 Å². The Hall–Kier alpha value is -4.52. The van der Waals surface area contributed by atoms with Crippen LogP contribution >= 0.6 is 0 Å². The van der Waals surface area contributed by atoms with Crippen molar-refractivity contribution in [1.82, 2.24) is 4.57 Å². The Labute approximate surface area is 234 Å². The van der Waals surface area contributed by atoms with Crippen molar-refractivity contribution in [2.24, 2.45) is 0 Å². The van der Waals surface area contributed by atoms with E-state index in [1.165, 1.54) is 0 Å². The third-order valence-corrected chi connectivity index (χ3v) is 6.66. The number of fused-ring (bicyclic) bond motifs is 1.